The first-order chi connectivity index (χ1) is 10.1. The smallest absolute Gasteiger partial charge is 0.276 e. The number of amides is 1. The summed E-state index contributed by atoms with van der Waals surface area (Å²) in [5, 5.41) is 7.15. The van der Waals surface area contributed by atoms with E-state index in [9.17, 15) is 4.79 Å². The average molecular weight is 290 g/mol. The number of piperidine rings is 1. The molecule has 2 heterocycles. The van der Waals surface area contributed by atoms with Crippen LogP contribution in [0.25, 0.3) is 0 Å². The molecule has 2 atom stereocenters. The number of H-pyrrole nitrogens is 1. The monoisotopic (exact) mass is 290 g/mol. The molecule has 1 amide bonds. The Morgan fingerprint density at radius 1 is 1.29 bits per heavy atom. The number of nitrogens with zero attached hydrogens (tertiary/aromatic N) is 2. The standard InChI is InChI=1S/C16H26N4O/c1-10(2)14-13(17)15(19-18-14)16(21)20-9-5-7-11-6-3-4-8-12(11)20/h10-12H,3-9,17H2,1-2H3,(H,18,19)/t11-,12-/m1/s1. The van der Waals surface area contributed by atoms with Gasteiger partial charge in [-0.2, -0.15) is 5.10 Å². The Bertz CT molecular complexity index is 520. The predicted octanol–water partition coefficient (Wildman–Crippen LogP) is 2.91. The second-order valence-electron chi connectivity index (χ2n) is 6.81. The zero-order valence-corrected chi connectivity index (χ0v) is 13.1. The van der Waals surface area contributed by atoms with Gasteiger partial charge in [0.2, 0.25) is 0 Å². The maximum atomic E-state index is 12.9. The number of likely N-dealkylation sites (tertiary alicyclic amines) is 1. The third-order valence-electron chi connectivity index (χ3n) is 5.12. The number of aromatic nitrogens is 2. The number of nitrogens with two attached hydrogens (primary N) is 1. The lowest BCUT2D eigenvalue weighted by Gasteiger charge is -2.43. The van der Waals surface area contributed by atoms with E-state index in [0.717, 1.165) is 25.1 Å². The molecule has 3 rings (SSSR count). The van der Waals surface area contributed by atoms with Crippen LogP contribution in [0.3, 0.4) is 0 Å². The fraction of sp³-hybridized carbons (Fsp3) is 0.750. The third-order valence-corrected chi connectivity index (χ3v) is 5.12. The summed E-state index contributed by atoms with van der Waals surface area (Å²) in [5.74, 6) is 0.955. The highest BCUT2D eigenvalue weighted by Gasteiger charge is 2.37. The number of nitrogen functional groups attached to an aromatic ring is 1. The van der Waals surface area contributed by atoms with Crippen molar-refractivity contribution in [2.75, 3.05) is 12.3 Å². The molecule has 0 unspecified atom stereocenters. The SMILES string of the molecule is CC(C)c1[nH]nc(C(=O)N2CCC[C@H]3CCCC[C@H]32)c1N. The van der Waals surface area contributed by atoms with Gasteiger partial charge in [0.05, 0.1) is 11.4 Å². The van der Waals surface area contributed by atoms with Crippen LogP contribution in [0.1, 0.15) is 74.5 Å². The third kappa shape index (κ3) is 2.54. The molecule has 3 N–H and O–H groups in total. The minimum absolute atomic E-state index is 0.0206. The maximum absolute atomic E-state index is 12.9. The van der Waals surface area contributed by atoms with Gasteiger partial charge in [-0.05, 0) is 37.5 Å². The molecular formula is C16H26N4O. The molecule has 1 saturated carbocycles. The Kier molecular flexibility index (Phi) is 3.91. The van der Waals surface area contributed by atoms with Crippen LogP contribution in [0, 0.1) is 5.92 Å². The second-order valence-corrected chi connectivity index (χ2v) is 6.81. The van der Waals surface area contributed by atoms with Crippen molar-refractivity contribution in [3.63, 3.8) is 0 Å². The van der Waals surface area contributed by atoms with Crippen LogP contribution in [0.5, 0.6) is 0 Å². The zero-order valence-electron chi connectivity index (χ0n) is 13.1. The molecule has 2 aliphatic rings. The summed E-state index contributed by atoms with van der Waals surface area (Å²) in [4.78, 5) is 14.9. The minimum Gasteiger partial charge on any atom is -0.395 e. The quantitative estimate of drug-likeness (QED) is 0.879. The normalized spacial score (nSPS) is 26.0. The molecule has 1 aliphatic carbocycles. The van der Waals surface area contributed by atoms with E-state index < -0.39 is 0 Å². The van der Waals surface area contributed by atoms with Crippen molar-refractivity contribution < 1.29 is 4.79 Å². The highest BCUT2D eigenvalue weighted by atomic mass is 16.2. The Balaban J connectivity index is 1.84. The summed E-state index contributed by atoms with van der Waals surface area (Å²) in [7, 11) is 0. The summed E-state index contributed by atoms with van der Waals surface area (Å²) in [6, 6.07) is 0.401. The summed E-state index contributed by atoms with van der Waals surface area (Å²) in [5.41, 5.74) is 7.97. The largest absolute Gasteiger partial charge is 0.395 e. The van der Waals surface area contributed by atoms with Gasteiger partial charge in [0.1, 0.15) is 0 Å². The molecule has 2 fully saturated rings. The highest BCUT2D eigenvalue weighted by Crippen LogP contribution is 2.36. The highest BCUT2D eigenvalue weighted by molar-refractivity contribution is 5.98. The second kappa shape index (κ2) is 5.70. The van der Waals surface area contributed by atoms with Crippen LogP contribution in [-0.2, 0) is 0 Å². The minimum atomic E-state index is 0.0206. The van der Waals surface area contributed by atoms with Crippen molar-refractivity contribution in [3.05, 3.63) is 11.4 Å². The van der Waals surface area contributed by atoms with Crippen molar-refractivity contribution in [2.45, 2.75) is 64.3 Å². The number of aromatic amines is 1. The van der Waals surface area contributed by atoms with E-state index in [1.807, 2.05) is 4.90 Å². The van der Waals surface area contributed by atoms with E-state index >= 15 is 0 Å². The van der Waals surface area contributed by atoms with E-state index in [1.165, 1.54) is 25.7 Å². The lowest BCUT2D eigenvalue weighted by Crippen LogP contribution is -2.49. The number of carbonyl (C=O) groups excluding carboxylic acids is 1. The maximum Gasteiger partial charge on any atom is 0.276 e. The van der Waals surface area contributed by atoms with Crippen LogP contribution in [-0.4, -0.2) is 33.6 Å². The van der Waals surface area contributed by atoms with Gasteiger partial charge in [0, 0.05) is 12.6 Å². The molecule has 5 nitrogen and oxygen atoms in total. The number of nitrogens with one attached hydrogen (secondary N) is 1. The molecule has 0 aromatic carbocycles. The molecule has 0 radical (unpaired) electrons. The molecule has 0 bridgehead atoms. The fourth-order valence-electron chi connectivity index (χ4n) is 3.98. The van der Waals surface area contributed by atoms with Crippen molar-refractivity contribution in [2.24, 2.45) is 5.92 Å². The van der Waals surface area contributed by atoms with Gasteiger partial charge < -0.3 is 10.6 Å². The van der Waals surface area contributed by atoms with Gasteiger partial charge in [-0.3, -0.25) is 9.89 Å². The summed E-state index contributed by atoms with van der Waals surface area (Å²) in [6.45, 7) is 4.95. The van der Waals surface area contributed by atoms with Gasteiger partial charge in [0.15, 0.2) is 5.69 Å². The van der Waals surface area contributed by atoms with E-state index in [0.29, 0.717) is 23.3 Å². The lowest BCUT2D eigenvalue weighted by molar-refractivity contribution is 0.0386. The molecule has 21 heavy (non-hydrogen) atoms. The number of rotatable bonds is 2. The van der Waals surface area contributed by atoms with Gasteiger partial charge in [-0.15, -0.1) is 0 Å². The number of anilines is 1. The van der Waals surface area contributed by atoms with Crippen LogP contribution in [0.2, 0.25) is 0 Å². The molecule has 0 spiro atoms. The molecule has 1 aromatic heterocycles. The Labute approximate surface area is 126 Å². The molecule has 1 aliphatic heterocycles. The Morgan fingerprint density at radius 3 is 2.71 bits per heavy atom. The van der Waals surface area contributed by atoms with Gasteiger partial charge in [-0.1, -0.05) is 26.7 Å². The predicted molar refractivity (Wildman–Crippen MR) is 83.1 cm³/mol. The van der Waals surface area contributed by atoms with Gasteiger partial charge in [0.25, 0.3) is 5.91 Å². The number of fused-ring (bicyclic) bond motifs is 1. The molecule has 116 valence electrons. The zero-order chi connectivity index (χ0) is 15.0. The summed E-state index contributed by atoms with van der Waals surface area (Å²) >= 11 is 0. The molecule has 1 saturated heterocycles. The lowest BCUT2D eigenvalue weighted by atomic mass is 9.78. The van der Waals surface area contributed by atoms with Gasteiger partial charge >= 0.3 is 0 Å². The van der Waals surface area contributed by atoms with E-state index in [1.54, 1.807) is 0 Å². The number of hydrogen-bond acceptors (Lipinski definition) is 3. The summed E-state index contributed by atoms with van der Waals surface area (Å²) < 4.78 is 0. The van der Waals surface area contributed by atoms with Crippen LogP contribution in [0.15, 0.2) is 0 Å². The van der Waals surface area contributed by atoms with Crippen molar-refractivity contribution >= 4 is 11.6 Å². The molecule has 5 heteroatoms. The van der Waals surface area contributed by atoms with Crippen LogP contribution < -0.4 is 5.73 Å². The Morgan fingerprint density at radius 2 is 2.00 bits per heavy atom. The van der Waals surface area contributed by atoms with E-state index in [-0.39, 0.29) is 11.8 Å². The van der Waals surface area contributed by atoms with Crippen LogP contribution >= 0.6 is 0 Å². The van der Waals surface area contributed by atoms with Crippen molar-refractivity contribution in [1.82, 2.24) is 15.1 Å². The molecule has 1 aromatic rings. The van der Waals surface area contributed by atoms with Crippen LogP contribution in [0.4, 0.5) is 5.69 Å². The van der Waals surface area contributed by atoms with E-state index in [4.69, 9.17) is 5.73 Å². The van der Waals surface area contributed by atoms with Crippen molar-refractivity contribution in [1.29, 1.82) is 0 Å². The number of hydrogen-bond donors (Lipinski definition) is 2. The number of carbonyl (C=O) groups is 1. The fourth-order valence-corrected chi connectivity index (χ4v) is 3.98. The summed E-state index contributed by atoms with van der Waals surface area (Å²) in [6.07, 6.45) is 7.32. The topological polar surface area (TPSA) is 75.0 Å². The molecular weight excluding hydrogens is 264 g/mol. The Hall–Kier alpha value is -1.52. The average Bonchev–Trinajstić information content (AvgIpc) is 2.88. The van der Waals surface area contributed by atoms with Crippen molar-refractivity contribution in [3.8, 4) is 0 Å². The first-order valence-corrected chi connectivity index (χ1v) is 8.24. The van der Waals surface area contributed by atoms with E-state index in [2.05, 4.69) is 24.0 Å². The first kappa shape index (κ1) is 14.4. The van der Waals surface area contributed by atoms with Gasteiger partial charge in [-0.25, -0.2) is 0 Å². The first-order valence-electron chi connectivity index (χ1n) is 8.24.